The Balaban J connectivity index is 1.66. The van der Waals surface area contributed by atoms with Crippen LogP contribution in [-0.2, 0) is 6.54 Å². The first-order valence-corrected chi connectivity index (χ1v) is 7.41. The molecular weight excluding hydrogens is 295 g/mol. The summed E-state index contributed by atoms with van der Waals surface area (Å²) in [5.74, 6) is 0.630. The number of nitrogens with one attached hydrogen (secondary N) is 1. The average molecular weight is 313 g/mol. The highest BCUT2D eigenvalue weighted by molar-refractivity contribution is 9.10. The molecular formula is C14H18BrFN2. The SMILES string of the molecule is Fc1cc(Br)cc(CN2C[C@@H]3CCCN[C@@H]3C2)c1. The highest BCUT2D eigenvalue weighted by Gasteiger charge is 2.33. The van der Waals surface area contributed by atoms with Crippen LogP contribution in [0.15, 0.2) is 22.7 Å². The molecule has 2 aliphatic heterocycles. The molecule has 2 saturated heterocycles. The normalized spacial score (nSPS) is 28.3. The fourth-order valence-electron chi connectivity index (χ4n) is 3.23. The molecule has 98 valence electrons. The third kappa shape index (κ3) is 2.76. The Hall–Kier alpha value is -0.450. The summed E-state index contributed by atoms with van der Waals surface area (Å²) >= 11 is 3.35. The van der Waals surface area contributed by atoms with E-state index in [0.717, 1.165) is 42.1 Å². The van der Waals surface area contributed by atoms with Crippen LogP contribution in [0.5, 0.6) is 0 Å². The maximum Gasteiger partial charge on any atom is 0.124 e. The number of fused-ring (bicyclic) bond motifs is 1. The van der Waals surface area contributed by atoms with Crippen molar-refractivity contribution < 1.29 is 4.39 Å². The molecule has 2 fully saturated rings. The molecule has 4 heteroatoms. The molecule has 0 aromatic heterocycles. The minimum absolute atomic E-state index is 0.158. The van der Waals surface area contributed by atoms with E-state index >= 15 is 0 Å². The Kier molecular flexibility index (Phi) is 3.68. The van der Waals surface area contributed by atoms with E-state index in [2.05, 4.69) is 26.1 Å². The number of benzene rings is 1. The summed E-state index contributed by atoms with van der Waals surface area (Å²) in [4.78, 5) is 2.44. The fraction of sp³-hybridized carbons (Fsp3) is 0.571. The summed E-state index contributed by atoms with van der Waals surface area (Å²) in [6, 6.07) is 5.81. The van der Waals surface area contributed by atoms with Crippen LogP contribution in [0, 0.1) is 11.7 Å². The van der Waals surface area contributed by atoms with Crippen LogP contribution >= 0.6 is 15.9 Å². The highest BCUT2D eigenvalue weighted by Crippen LogP contribution is 2.26. The molecule has 2 nitrogen and oxygen atoms in total. The second kappa shape index (κ2) is 5.27. The lowest BCUT2D eigenvalue weighted by atomic mass is 9.94. The number of nitrogens with zero attached hydrogens (tertiary/aromatic N) is 1. The molecule has 1 N–H and O–H groups in total. The zero-order valence-corrected chi connectivity index (χ0v) is 11.9. The number of piperidine rings is 1. The molecule has 0 radical (unpaired) electrons. The van der Waals surface area contributed by atoms with E-state index in [1.165, 1.54) is 18.9 Å². The number of rotatable bonds is 2. The van der Waals surface area contributed by atoms with E-state index in [0.29, 0.717) is 6.04 Å². The number of halogens is 2. The van der Waals surface area contributed by atoms with Gasteiger partial charge in [-0.15, -0.1) is 0 Å². The van der Waals surface area contributed by atoms with Gasteiger partial charge >= 0.3 is 0 Å². The first-order valence-electron chi connectivity index (χ1n) is 6.61. The molecule has 0 amide bonds. The van der Waals surface area contributed by atoms with Crippen molar-refractivity contribution in [2.75, 3.05) is 19.6 Å². The summed E-state index contributed by atoms with van der Waals surface area (Å²) in [6.07, 6.45) is 2.63. The Labute approximate surface area is 116 Å². The third-order valence-corrected chi connectivity index (χ3v) is 4.46. The lowest BCUT2D eigenvalue weighted by Crippen LogP contribution is -2.40. The monoisotopic (exact) mass is 312 g/mol. The highest BCUT2D eigenvalue weighted by atomic mass is 79.9. The average Bonchev–Trinajstić information content (AvgIpc) is 2.69. The van der Waals surface area contributed by atoms with Crippen molar-refractivity contribution in [1.29, 1.82) is 0 Å². The van der Waals surface area contributed by atoms with Gasteiger partial charge in [0.05, 0.1) is 0 Å². The minimum atomic E-state index is -0.158. The van der Waals surface area contributed by atoms with E-state index in [4.69, 9.17) is 0 Å². The summed E-state index contributed by atoms with van der Waals surface area (Å²) in [6.45, 7) is 4.25. The Morgan fingerprint density at radius 3 is 3.00 bits per heavy atom. The zero-order chi connectivity index (χ0) is 12.5. The predicted molar refractivity (Wildman–Crippen MR) is 73.9 cm³/mol. The van der Waals surface area contributed by atoms with E-state index in [1.54, 1.807) is 6.07 Å². The van der Waals surface area contributed by atoms with Gasteiger partial charge in [-0.1, -0.05) is 15.9 Å². The smallest absolute Gasteiger partial charge is 0.124 e. The van der Waals surface area contributed by atoms with Crippen LogP contribution in [0.4, 0.5) is 4.39 Å². The molecule has 18 heavy (non-hydrogen) atoms. The standard InChI is InChI=1S/C14H18BrFN2/c15-12-4-10(5-13(16)6-12)7-18-8-11-2-1-3-17-14(11)9-18/h4-6,11,14,17H,1-3,7-9H2/t11-,14+/m0/s1. The van der Waals surface area contributed by atoms with Gasteiger partial charge in [-0.2, -0.15) is 0 Å². The molecule has 1 aromatic rings. The zero-order valence-electron chi connectivity index (χ0n) is 10.3. The van der Waals surface area contributed by atoms with Gasteiger partial charge in [-0.05, 0) is 49.1 Å². The summed E-state index contributed by atoms with van der Waals surface area (Å²) < 4.78 is 14.2. The number of hydrogen-bond donors (Lipinski definition) is 1. The van der Waals surface area contributed by atoms with Crippen molar-refractivity contribution in [1.82, 2.24) is 10.2 Å². The van der Waals surface area contributed by atoms with Gasteiger partial charge in [-0.3, -0.25) is 4.90 Å². The Morgan fingerprint density at radius 2 is 2.22 bits per heavy atom. The van der Waals surface area contributed by atoms with Crippen molar-refractivity contribution in [3.63, 3.8) is 0 Å². The molecule has 0 unspecified atom stereocenters. The van der Waals surface area contributed by atoms with Crippen molar-refractivity contribution in [3.05, 3.63) is 34.1 Å². The van der Waals surface area contributed by atoms with Gasteiger partial charge < -0.3 is 5.32 Å². The van der Waals surface area contributed by atoms with Crippen LogP contribution in [0.2, 0.25) is 0 Å². The van der Waals surface area contributed by atoms with E-state index in [9.17, 15) is 4.39 Å². The van der Waals surface area contributed by atoms with E-state index in [-0.39, 0.29) is 5.82 Å². The maximum atomic E-state index is 13.3. The number of likely N-dealkylation sites (tertiary alicyclic amines) is 1. The van der Waals surface area contributed by atoms with Gasteiger partial charge in [-0.25, -0.2) is 4.39 Å². The second-order valence-electron chi connectivity index (χ2n) is 5.43. The second-order valence-corrected chi connectivity index (χ2v) is 6.35. The quantitative estimate of drug-likeness (QED) is 0.903. The fourth-order valence-corrected chi connectivity index (χ4v) is 3.74. The maximum absolute atomic E-state index is 13.3. The van der Waals surface area contributed by atoms with Gasteiger partial charge in [0.1, 0.15) is 5.82 Å². The van der Waals surface area contributed by atoms with Crippen LogP contribution in [0.1, 0.15) is 18.4 Å². The Bertz CT molecular complexity index is 404. The minimum Gasteiger partial charge on any atom is -0.312 e. The molecule has 2 aliphatic rings. The van der Waals surface area contributed by atoms with E-state index < -0.39 is 0 Å². The Morgan fingerprint density at radius 1 is 1.33 bits per heavy atom. The summed E-state index contributed by atoms with van der Waals surface area (Å²) in [7, 11) is 0. The first-order chi connectivity index (χ1) is 8.70. The van der Waals surface area contributed by atoms with Gasteiger partial charge in [0.2, 0.25) is 0 Å². The molecule has 0 bridgehead atoms. The van der Waals surface area contributed by atoms with Gasteiger partial charge in [0, 0.05) is 30.1 Å². The van der Waals surface area contributed by atoms with Crippen molar-refractivity contribution >= 4 is 15.9 Å². The largest absolute Gasteiger partial charge is 0.312 e. The van der Waals surface area contributed by atoms with Crippen LogP contribution in [0.3, 0.4) is 0 Å². The molecule has 0 spiro atoms. The van der Waals surface area contributed by atoms with Crippen LogP contribution < -0.4 is 5.32 Å². The van der Waals surface area contributed by atoms with Crippen molar-refractivity contribution in [3.8, 4) is 0 Å². The van der Waals surface area contributed by atoms with E-state index in [1.807, 2.05) is 6.07 Å². The number of hydrogen-bond acceptors (Lipinski definition) is 2. The van der Waals surface area contributed by atoms with Crippen LogP contribution in [-0.4, -0.2) is 30.6 Å². The van der Waals surface area contributed by atoms with Crippen molar-refractivity contribution in [2.45, 2.75) is 25.4 Å². The van der Waals surface area contributed by atoms with Crippen LogP contribution in [0.25, 0.3) is 0 Å². The molecule has 0 saturated carbocycles. The topological polar surface area (TPSA) is 15.3 Å². The first kappa shape index (κ1) is 12.6. The lowest BCUT2D eigenvalue weighted by Gasteiger charge is -2.24. The predicted octanol–water partition coefficient (Wildman–Crippen LogP) is 2.77. The van der Waals surface area contributed by atoms with Gasteiger partial charge in [0.25, 0.3) is 0 Å². The molecule has 3 rings (SSSR count). The molecule has 0 aliphatic carbocycles. The van der Waals surface area contributed by atoms with Gasteiger partial charge in [0.15, 0.2) is 0 Å². The molecule has 2 heterocycles. The summed E-state index contributed by atoms with van der Waals surface area (Å²) in [5.41, 5.74) is 1.06. The lowest BCUT2D eigenvalue weighted by molar-refractivity contribution is 0.312. The van der Waals surface area contributed by atoms with Crippen molar-refractivity contribution in [2.24, 2.45) is 5.92 Å². The molecule has 2 atom stereocenters. The molecule has 1 aromatic carbocycles. The summed E-state index contributed by atoms with van der Waals surface area (Å²) in [5, 5.41) is 3.59. The third-order valence-electron chi connectivity index (χ3n) is 4.00.